The summed E-state index contributed by atoms with van der Waals surface area (Å²) in [5.41, 5.74) is 2.53. The van der Waals surface area contributed by atoms with Crippen molar-refractivity contribution in [3.63, 3.8) is 0 Å². The number of hydrogen-bond donors (Lipinski definition) is 1. The molecule has 1 atom stereocenters. The highest BCUT2D eigenvalue weighted by Gasteiger charge is 2.31. The van der Waals surface area contributed by atoms with E-state index in [1.807, 2.05) is 6.92 Å². The zero-order valence-corrected chi connectivity index (χ0v) is 16.6. The van der Waals surface area contributed by atoms with Crippen molar-refractivity contribution in [2.75, 3.05) is 16.8 Å². The van der Waals surface area contributed by atoms with Crippen LogP contribution in [0.25, 0.3) is 6.08 Å². The molecule has 1 aliphatic heterocycles. The molecule has 1 unspecified atom stereocenters. The molecular weight excluding hydrogens is 386 g/mol. The van der Waals surface area contributed by atoms with Crippen LogP contribution in [-0.2, 0) is 9.59 Å². The Bertz CT molecular complexity index is 1040. The molecular formula is C22H21N3O5. The van der Waals surface area contributed by atoms with Crippen LogP contribution in [0, 0.1) is 10.1 Å². The number of amides is 2. The van der Waals surface area contributed by atoms with Crippen LogP contribution in [0.2, 0.25) is 0 Å². The van der Waals surface area contributed by atoms with Crippen LogP contribution in [0.15, 0.2) is 60.7 Å². The summed E-state index contributed by atoms with van der Waals surface area (Å²) in [5, 5.41) is 13.4. The molecule has 154 valence electrons. The monoisotopic (exact) mass is 407 g/mol. The van der Waals surface area contributed by atoms with E-state index in [0.717, 1.165) is 5.57 Å². The molecule has 0 bridgehead atoms. The fourth-order valence-electron chi connectivity index (χ4n) is 2.98. The van der Waals surface area contributed by atoms with Gasteiger partial charge in [-0.05, 0) is 55.8 Å². The quantitative estimate of drug-likeness (QED) is 0.338. The summed E-state index contributed by atoms with van der Waals surface area (Å²) in [6.07, 6.45) is 2.29. The van der Waals surface area contributed by atoms with Crippen LogP contribution in [-0.4, -0.2) is 29.4 Å². The van der Waals surface area contributed by atoms with E-state index in [4.69, 9.17) is 4.74 Å². The molecule has 0 aliphatic carbocycles. The molecule has 1 heterocycles. The highest BCUT2D eigenvalue weighted by atomic mass is 16.6. The molecule has 0 spiro atoms. The lowest BCUT2D eigenvalue weighted by molar-refractivity contribution is -0.384. The molecule has 8 nitrogen and oxygen atoms in total. The van der Waals surface area contributed by atoms with Crippen molar-refractivity contribution < 1.29 is 19.2 Å². The average Bonchev–Trinajstić information content (AvgIpc) is 2.70. The second-order valence-corrected chi connectivity index (χ2v) is 7.00. The summed E-state index contributed by atoms with van der Waals surface area (Å²) in [6, 6.07) is 10.9. The van der Waals surface area contributed by atoms with Gasteiger partial charge in [0.1, 0.15) is 5.75 Å². The molecule has 2 aromatic rings. The molecule has 2 amide bonds. The fraction of sp³-hybridized carbons (Fsp3) is 0.182. The summed E-state index contributed by atoms with van der Waals surface area (Å²) in [5.74, 6) is 0.00555. The predicted molar refractivity (Wildman–Crippen MR) is 114 cm³/mol. The first-order chi connectivity index (χ1) is 14.2. The summed E-state index contributed by atoms with van der Waals surface area (Å²) in [4.78, 5) is 36.6. The van der Waals surface area contributed by atoms with Crippen molar-refractivity contribution in [3.8, 4) is 5.75 Å². The number of carbonyl (C=O) groups is 2. The first-order valence-electron chi connectivity index (χ1n) is 9.24. The number of hydrogen-bond acceptors (Lipinski definition) is 5. The molecule has 3 rings (SSSR count). The van der Waals surface area contributed by atoms with Gasteiger partial charge in [0.05, 0.1) is 10.6 Å². The lowest BCUT2D eigenvalue weighted by Gasteiger charge is -2.33. The van der Waals surface area contributed by atoms with Gasteiger partial charge in [0.2, 0.25) is 5.91 Å². The Morgan fingerprint density at radius 3 is 2.63 bits per heavy atom. The summed E-state index contributed by atoms with van der Waals surface area (Å²) < 4.78 is 5.65. The van der Waals surface area contributed by atoms with Gasteiger partial charge in [0, 0.05) is 30.4 Å². The van der Waals surface area contributed by atoms with E-state index >= 15 is 0 Å². The van der Waals surface area contributed by atoms with Crippen LogP contribution >= 0.6 is 0 Å². The SMILES string of the molecule is C=C(C)CN1C(=O)C(C)Oc2ccc(NC(=O)/C=C/c3ccc([N+](=O)[O-])cc3)cc21. The molecule has 30 heavy (non-hydrogen) atoms. The van der Waals surface area contributed by atoms with Gasteiger partial charge in [-0.3, -0.25) is 19.7 Å². The van der Waals surface area contributed by atoms with E-state index in [9.17, 15) is 19.7 Å². The number of ether oxygens (including phenoxy) is 1. The lowest BCUT2D eigenvalue weighted by atomic mass is 10.1. The number of non-ortho nitro benzene ring substituents is 1. The minimum atomic E-state index is -0.595. The number of carbonyl (C=O) groups excluding carboxylic acids is 2. The number of fused-ring (bicyclic) bond motifs is 1. The van der Waals surface area contributed by atoms with E-state index in [1.54, 1.807) is 48.2 Å². The van der Waals surface area contributed by atoms with Gasteiger partial charge in [-0.2, -0.15) is 0 Å². The van der Waals surface area contributed by atoms with Crippen LogP contribution in [0.1, 0.15) is 19.4 Å². The van der Waals surface area contributed by atoms with Crippen LogP contribution in [0.3, 0.4) is 0 Å². The maximum Gasteiger partial charge on any atom is 0.269 e. The largest absolute Gasteiger partial charge is 0.479 e. The third kappa shape index (κ3) is 4.72. The van der Waals surface area contributed by atoms with E-state index in [0.29, 0.717) is 29.2 Å². The smallest absolute Gasteiger partial charge is 0.269 e. The van der Waals surface area contributed by atoms with Gasteiger partial charge >= 0.3 is 0 Å². The predicted octanol–water partition coefficient (Wildman–Crippen LogP) is 3.94. The number of anilines is 2. The van der Waals surface area contributed by atoms with Crippen molar-refractivity contribution in [2.45, 2.75) is 20.0 Å². The highest BCUT2D eigenvalue weighted by Crippen LogP contribution is 2.36. The lowest BCUT2D eigenvalue weighted by Crippen LogP contribution is -2.45. The first-order valence-corrected chi connectivity index (χ1v) is 9.24. The zero-order valence-electron chi connectivity index (χ0n) is 16.6. The van der Waals surface area contributed by atoms with Gasteiger partial charge in [-0.25, -0.2) is 0 Å². The van der Waals surface area contributed by atoms with Gasteiger partial charge in [-0.15, -0.1) is 0 Å². The Balaban J connectivity index is 1.75. The fourth-order valence-corrected chi connectivity index (χ4v) is 2.98. The first kappa shape index (κ1) is 20.8. The summed E-state index contributed by atoms with van der Waals surface area (Å²) >= 11 is 0. The zero-order chi connectivity index (χ0) is 21.8. The number of nitrogens with one attached hydrogen (secondary N) is 1. The van der Waals surface area contributed by atoms with Crippen LogP contribution in [0.4, 0.5) is 17.1 Å². The van der Waals surface area contributed by atoms with E-state index in [1.165, 1.54) is 18.2 Å². The van der Waals surface area contributed by atoms with Gasteiger partial charge in [0.15, 0.2) is 6.10 Å². The minimum absolute atomic E-state index is 0.0175. The van der Waals surface area contributed by atoms with E-state index < -0.39 is 11.0 Å². The average molecular weight is 407 g/mol. The number of nitrogens with zero attached hydrogens (tertiary/aromatic N) is 2. The van der Waals surface area contributed by atoms with Crippen molar-refractivity contribution in [1.82, 2.24) is 0 Å². The van der Waals surface area contributed by atoms with Crippen molar-refractivity contribution in [1.29, 1.82) is 0 Å². The van der Waals surface area contributed by atoms with E-state index in [2.05, 4.69) is 11.9 Å². The Hall–Kier alpha value is -3.94. The molecule has 0 saturated heterocycles. The van der Waals surface area contributed by atoms with Gasteiger partial charge in [-0.1, -0.05) is 12.2 Å². The number of benzene rings is 2. The van der Waals surface area contributed by atoms with Crippen molar-refractivity contribution in [2.24, 2.45) is 0 Å². The second-order valence-electron chi connectivity index (χ2n) is 7.00. The standard InChI is InChI=1S/C22H21N3O5/c1-14(2)13-24-19-12-17(7-10-20(19)30-15(3)22(24)27)23-21(26)11-6-16-4-8-18(9-5-16)25(28)29/h4-12,15H,1,13H2,2-3H3,(H,23,26)/b11-6+. The van der Waals surface area contributed by atoms with Gasteiger partial charge in [0.25, 0.3) is 11.6 Å². The molecule has 1 aliphatic rings. The number of nitro benzene ring substituents is 1. The number of rotatable bonds is 6. The molecule has 0 radical (unpaired) electrons. The molecule has 2 aromatic carbocycles. The van der Waals surface area contributed by atoms with Crippen LogP contribution in [0.5, 0.6) is 5.75 Å². The maximum atomic E-state index is 12.5. The maximum absolute atomic E-state index is 12.5. The second kappa shape index (κ2) is 8.60. The van der Waals surface area contributed by atoms with Crippen molar-refractivity contribution in [3.05, 3.63) is 76.4 Å². The molecule has 8 heteroatoms. The van der Waals surface area contributed by atoms with E-state index in [-0.39, 0.29) is 17.5 Å². The topological polar surface area (TPSA) is 102 Å². The Kier molecular flexibility index (Phi) is 5.96. The summed E-state index contributed by atoms with van der Waals surface area (Å²) in [6.45, 7) is 7.75. The Morgan fingerprint density at radius 1 is 1.30 bits per heavy atom. The van der Waals surface area contributed by atoms with Gasteiger partial charge < -0.3 is 15.0 Å². The molecule has 0 fully saturated rings. The normalized spacial score (nSPS) is 15.5. The minimum Gasteiger partial charge on any atom is -0.479 e. The molecule has 1 N–H and O–H groups in total. The third-order valence-electron chi connectivity index (χ3n) is 4.39. The molecule has 0 aromatic heterocycles. The summed E-state index contributed by atoms with van der Waals surface area (Å²) in [7, 11) is 0. The Labute approximate surface area is 173 Å². The molecule has 0 saturated carbocycles. The third-order valence-corrected chi connectivity index (χ3v) is 4.39. The van der Waals surface area contributed by atoms with Crippen molar-refractivity contribution >= 4 is 35.0 Å². The highest BCUT2D eigenvalue weighted by molar-refractivity contribution is 6.04. The Morgan fingerprint density at radius 2 is 2.00 bits per heavy atom. The number of nitro groups is 1. The van der Waals surface area contributed by atoms with Crippen LogP contribution < -0.4 is 15.0 Å².